The maximum atomic E-state index is 5.78. The summed E-state index contributed by atoms with van der Waals surface area (Å²) >= 11 is 0. The zero-order valence-electron chi connectivity index (χ0n) is 10.6. The Morgan fingerprint density at radius 3 is 2.72 bits per heavy atom. The molecule has 2 rings (SSSR count). The van der Waals surface area contributed by atoms with E-state index in [1.807, 2.05) is 20.9 Å². The summed E-state index contributed by atoms with van der Waals surface area (Å²) < 4.78 is 12.7. The topological polar surface area (TPSA) is 75.2 Å². The summed E-state index contributed by atoms with van der Waals surface area (Å²) in [6.45, 7) is 3.82. The van der Waals surface area contributed by atoms with E-state index in [0.29, 0.717) is 23.2 Å². The molecule has 2 heterocycles. The third-order valence-electron chi connectivity index (χ3n) is 2.12. The molecule has 0 bridgehead atoms. The second-order valence-corrected chi connectivity index (χ2v) is 4.16. The molecule has 2 N–H and O–H groups in total. The number of ether oxygens (including phenoxy) is 2. The molecule has 0 radical (unpaired) electrons. The number of pyridine rings is 1. The zero-order valence-corrected chi connectivity index (χ0v) is 10.6. The van der Waals surface area contributed by atoms with Gasteiger partial charge in [-0.05, 0) is 19.9 Å². The van der Waals surface area contributed by atoms with Crippen molar-refractivity contribution >= 4 is 5.69 Å². The first kappa shape index (κ1) is 12.2. The van der Waals surface area contributed by atoms with Gasteiger partial charge in [-0.25, -0.2) is 0 Å². The van der Waals surface area contributed by atoms with Crippen molar-refractivity contribution in [3.05, 3.63) is 24.5 Å². The van der Waals surface area contributed by atoms with Crippen molar-refractivity contribution in [3.8, 4) is 17.5 Å². The molecular weight excluding hydrogens is 232 g/mol. The van der Waals surface area contributed by atoms with Crippen molar-refractivity contribution < 1.29 is 9.47 Å². The van der Waals surface area contributed by atoms with Crippen LogP contribution in [0.4, 0.5) is 5.69 Å². The molecule has 0 spiro atoms. The number of nitrogen functional groups attached to an aromatic ring is 1. The molecule has 0 fully saturated rings. The number of hydrogen-bond acceptors (Lipinski definition) is 5. The van der Waals surface area contributed by atoms with Gasteiger partial charge in [0.05, 0.1) is 24.2 Å². The summed E-state index contributed by atoms with van der Waals surface area (Å²) in [5, 5.41) is 4.01. The zero-order chi connectivity index (χ0) is 13.1. The molecule has 0 unspecified atom stereocenters. The predicted octanol–water partition coefficient (Wildman–Crippen LogP) is 1.98. The van der Waals surface area contributed by atoms with Crippen LogP contribution in [0, 0.1) is 0 Å². The molecule has 6 nitrogen and oxygen atoms in total. The largest absolute Gasteiger partial charge is 0.473 e. The number of rotatable bonds is 4. The van der Waals surface area contributed by atoms with E-state index in [1.54, 1.807) is 29.2 Å². The lowest BCUT2D eigenvalue weighted by Crippen LogP contribution is -2.09. The van der Waals surface area contributed by atoms with E-state index >= 15 is 0 Å². The molecule has 96 valence electrons. The van der Waals surface area contributed by atoms with E-state index in [0.717, 1.165) is 0 Å². The smallest absolute Gasteiger partial charge is 0.240 e. The standard InChI is InChI=1S/C12H16N4O2/c1-8(2)17-12-10(13)4-5-11(15-12)18-9-6-14-16(3)7-9/h4-8H,13H2,1-3H3. The molecule has 0 aromatic carbocycles. The number of aryl methyl sites for hydroxylation is 1. The van der Waals surface area contributed by atoms with Crippen LogP contribution >= 0.6 is 0 Å². The molecule has 0 atom stereocenters. The Balaban J connectivity index is 2.18. The summed E-state index contributed by atoms with van der Waals surface area (Å²) in [5.74, 6) is 1.42. The SMILES string of the molecule is CC(C)Oc1nc(Oc2cnn(C)c2)ccc1N. The van der Waals surface area contributed by atoms with Crippen molar-refractivity contribution in [3.63, 3.8) is 0 Å². The third-order valence-corrected chi connectivity index (χ3v) is 2.12. The second kappa shape index (κ2) is 4.95. The molecule has 18 heavy (non-hydrogen) atoms. The van der Waals surface area contributed by atoms with Crippen LogP contribution in [0.2, 0.25) is 0 Å². The van der Waals surface area contributed by atoms with Crippen molar-refractivity contribution in [2.24, 2.45) is 7.05 Å². The Kier molecular flexibility index (Phi) is 3.36. The number of aromatic nitrogens is 3. The van der Waals surface area contributed by atoms with E-state index in [-0.39, 0.29) is 6.10 Å². The summed E-state index contributed by atoms with van der Waals surface area (Å²) in [6, 6.07) is 3.39. The molecule has 6 heteroatoms. The maximum Gasteiger partial charge on any atom is 0.240 e. The molecule has 0 saturated carbocycles. The van der Waals surface area contributed by atoms with Crippen LogP contribution in [0.25, 0.3) is 0 Å². The molecule has 0 aliphatic heterocycles. The summed E-state index contributed by atoms with van der Waals surface area (Å²) in [6.07, 6.45) is 3.37. The van der Waals surface area contributed by atoms with Gasteiger partial charge in [0.25, 0.3) is 0 Å². The summed E-state index contributed by atoms with van der Waals surface area (Å²) in [5.41, 5.74) is 6.26. The minimum absolute atomic E-state index is 0.00782. The van der Waals surface area contributed by atoms with Crippen LogP contribution in [-0.4, -0.2) is 20.9 Å². The molecule has 0 amide bonds. The molecule has 2 aromatic heterocycles. The van der Waals surface area contributed by atoms with Crippen LogP contribution in [0.15, 0.2) is 24.5 Å². The van der Waals surface area contributed by atoms with Crippen molar-refractivity contribution in [1.82, 2.24) is 14.8 Å². The fourth-order valence-corrected chi connectivity index (χ4v) is 1.38. The first-order valence-electron chi connectivity index (χ1n) is 5.64. The Bertz CT molecular complexity index is 537. The Morgan fingerprint density at radius 1 is 1.33 bits per heavy atom. The van der Waals surface area contributed by atoms with Gasteiger partial charge in [-0.3, -0.25) is 4.68 Å². The highest BCUT2D eigenvalue weighted by atomic mass is 16.5. The molecule has 0 saturated heterocycles. The lowest BCUT2D eigenvalue weighted by molar-refractivity contribution is 0.232. The van der Waals surface area contributed by atoms with E-state index in [9.17, 15) is 0 Å². The van der Waals surface area contributed by atoms with Crippen LogP contribution < -0.4 is 15.2 Å². The fraction of sp³-hybridized carbons (Fsp3) is 0.333. The minimum Gasteiger partial charge on any atom is -0.473 e. The average molecular weight is 248 g/mol. The van der Waals surface area contributed by atoms with Gasteiger partial charge >= 0.3 is 0 Å². The monoisotopic (exact) mass is 248 g/mol. The van der Waals surface area contributed by atoms with Gasteiger partial charge in [0.2, 0.25) is 11.8 Å². The van der Waals surface area contributed by atoms with Gasteiger partial charge in [-0.2, -0.15) is 10.1 Å². The van der Waals surface area contributed by atoms with Crippen molar-refractivity contribution in [2.45, 2.75) is 20.0 Å². The first-order valence-corrected chi connectivity index (χ1v) is 5.64. The van der Waals surface area contributed by atoms with Crippen LogP contribution in [0.3, 0.4) is 0 Å². The molecule has 0 aliphatic rings. The molecule has 2 aromatic rings. The summed E-state index contributed by atoms with van der Waals surface area (Å²) in [7, 11) is 1.82. The number of nitrogens with two attached hydrogens (primary N) is 1. The summed E-state index contributed by atoms with van der Waals surface area (Å²) in [4.78, 5) is 4.21. The van der Waals surface area contributed by atoms with E-state index in [1.165, 1.54) is 0 Å². The van der Waals surface area contributed by atoms with Crippen LogP contribution in [-0.2, 0) is 7.05 Å². The Hall–Kier alpha value is -2.24. The average Bonchev–Trinajstić information content (AvgIpc) is 2.68. The minimum atomic E-state index is 0.00782. The highest BCUT2D eigenvalue weighted by Gasteiger charge is 2.08. The normalized spacial score (nSPS) is 10.7. The maximum absolute atomic E-state index is 5.78. The number of anilines is 1. The first-order chi connectivity index (χ1) is 8.54. The van der Waals surface area contributed by atoms with Gasteiger partial charge < -0.3 is 15.2 Å². The van der Waals surface area contributed by atoms with Crippen LogP contribution in [0.5, 0.6) is 17.5 Å². The van der Waals surface area contributed by atoms with E-state index in [2.05, 4.69) is 10.1 Å². The van der Waals surface area contributed by atoms with Gasteiger partial charge in [0.15, 0.2) is 5.75 Å². The second-order valence-electron chi connectivity index (χ2n) is 4.16. The Labute approximate surface area is 105 Å². The van der Waals surface area contributed by atoms with Crippen molar-refractivity contribution in [2.75, 3.05) is 5.73 Å². The van der Waals surface area contributed by atoms with Gasteiger partial charge in [-0.15, -0.1) is 0 Å². The molecular formula is C12H16N4O2. The van der Waals surface area contributed by atoms with E-state index in [4.69, 9.17) is 15.2 Å². The van der Waals surface area contributed by atoms with Gasteiger partial charge in [-0.1, -0.05) is 0 Å². The quantitative estimate of drug-likeness (QED) is 0.895. The lowest BCUT2D eigenvalue weighted by atomic mass is 10.4. The van der Waals surface area contributed by atoms with Crippen molar-refractivity contribution in [1.29, 1.82) is 0 Å². The number of nitrogens with zero attached hydrogens (tertiary/aromatic N) is 3. The highest BCUT2D eigenvalue weighted by Crippen LogP contribution is 2.26. The van der Waals surface area contributed by atoms with Gasteiger partial charge in [0.1, 0.15) is 0 Å². The Morgan fingerprint density at radius 2 is 2.11 bits per heavy atom. The predicted molar refractivity (Wildman–Crippen MR) is 67.7 cm³/mol. The molecule has 0 aliphatic carbocycles. The fourth-order valence-electron chi connectivity index (χ4n) is 1.38. The lowest BCUT2D eigenvalue weighted by Gasteiger charge is -2.11. The number of hydrogen-bond donors (Lipinski definition) is 1. The highest BCUT2D eigenvalue weighted by molar-refractivity contribution is 5.49. The van der Waals surface area contributed by atoms with Crippen LogP contribution in [0.1, 0.15) is 13.8 Å². The van der Waals surface area contributed by atoms with Gasteiger partial charge in [0, 0.05) is 13.1 Å². The third kappa shape index (κ3) is 2.91. The van der Waals surface area contributed by atoms with E-state index < -0.39 is 0 Å².